The summed E-state index contributed by atoms with van der Waals surface area (Å²) in [5.74, 6) is 1.62. The lowest BCUT2D eigenvalue weighted by molar-refractivity contribution is -0.132. The molecule has 1 atom stereocenters. The van der Waals surface area contributed by atoms with Crippen LogP contribution in [-0.2, 0) is 11.2 Å². The summed E-state index contributed by atoms with van der Waals surface area (Å²) in [7, 11) is 0. The molecule has 0 radical (unpaired) electrons. The number of aryl methyl sites for hydroxylation is 1. The first-order valence-corrected chi connectivity index (χ1v) is 9.17. The summed E-state index contributed by atoms with van der Waals surface area (Å²) in [5, 5.41) is 0. The second kappa shape index (κ2) is 10.1. The Labute approximate surface area is 166 Å². The Hall–Kier alpha value is -2.40. The number of nitrogens with two attached hydrogens (primary N) is 1. The van der Waals surface area contributed by atoms with Gasteiger partial charge in [-0.3, -0.25) is 4.79 Å². The molecule has 2 aromatic rings. The normalized spacial score (nSPS) is 14.9. The third-order valence-electron chi connectivity index (χ3n) is 4.50. The first kappa shape index (κ1) is 20.9. The number of para-hydroxylation sites is 3. The van der Waals surface area contributed by atoms with Crippen molar-refractivity contribution in [2.45, 2.75) is 32.3 Å². The number of anilines is 1. The van der Waals surface area contributed by atoms with Crippen molar-refractivity contribution in [2.75, 3.05) is 25.4 Å². The van der Waals surface area contributed by atoms with Crippen LogP contribution in [0.2, 0.25) is 0 Å². The molecule has 0 bridgehead atoms. The van der Waals surface area contributed by atoms with Gasteiger partial charge in [-0.25, -0.2) is 0 Å². The molecule has 1 aliphatic heterocycles. The van der Waals surface area contributed by atoms with Gasteiger partial charge in [-0.2, -0.15) is 0 Å². The lowest BCUT2D eigenvalue weighted by Gasteiger charge is -2.31. The van der Waals surface area contributed by atoms with Gasteiger partial charge in [0.05, 0.1) is 6.54 Å². The number of hydrogen-bond donors (Lipinski definition) is 1. The van der Waals surface area contributed by atoms with Crippen LogP contribution in [0.15, 0.2) is 48.5 Å². The van der Waals surface area contributed by atoms with E-state index in [0.717, 1.165) is 29.2 Å². The molecule has 0 aliphatic carbocycles. The number of hydrogen-bond acceptors (Lipinski definition) is 4. The Bertz CT molecular complexity index is 754. The number of amides is 1. The highest BCUT2D eigenvalue weighted by Crippen LogP contribution is 2.31. The molecular formula is C21H27ClN2O3. The fourth-order valence-electron chi connectivity index (χ4n) is 3.15. The van der Waals surface area contributed by atoms with Crippen molar-refractivity contribution in [2.24, 2.45) is 0 Å². The molecule has 1 aliphatic rings. The standard InChI is InChI=1S/C21H26N2O3.ClH/c1-2-13-23(21(24)12-11-16-7-3-4-8-18(16)22)14-17-15-25-19-9-5-6-10-20(19)26-17;/h3-10,17H,2,11-15,22H2,1H3;1H. The van der Waals surface area contributed by atoms with E-state index in [1.807, 2.05) is 53.4 Å². The third kappa shape index (κ3) is 5.54. The Morgan fingerprint density at radius 2 is 1.85 bits per heavy atom. The predicted molar refractivity (Wildman–Crippen MR) is 110 cm³/mol. The second-order valence-corrected chi connectivity index (χ2v) is 6.54. The van der Waals surface area contributed by atoms with Gasteiger partial charge in [0.25, 0.3) is 0 Å². The Kier molecular flexibility index (Phi) is 7.80. The van der Waals surface area contributed by atoms with Gasteiger partial charge in [0, 0.05) is 18.7 Å². The largest absolute Gasteiger partial charge is 0.486 e. The Morgan fingerprint density at radius 3 is 2.59 bits per heavy atom. The highest BCUT2D eigenvalue weighted by atomic mass is 35.5. The van der Waals surface area contributed by atoms with Crippen LogP contribution in [0.5, 0.6) is 11.5 Å². The van der Waals surface area contributed by atoms with E-state index in [1.165, 1.54) is 0 Å². The first-order chi connectivity index (χ1) is 12.7. The minimum atomic E-state index is -0.151. The molecule has 0 spiro atoms. The zero-order chi connectivity index (χ0) is 18.4. The minimum Gasteiger partial charge on any atom is -0.486 e. The smallest absolute Gasteiger partial charge is 0.223 e. The van der Waals surface area contributed by atoms with Gasteiger partial charge < -0.3 is 20.1 Å². The number of nitrogens with zero attached hydrogens (tertiary/aromatic N) is 1. The van der Waals surface area contributed by atoms with Crippen LogP contribution in [0.1, 0.15) is 25.3 Å². The van der Waals surface area contributed by atoms with E-state index in [-0.39, 0.29) is 24.4 Å². The molecule has 0 saturated carbocycles. The molecule has 0 saturated heterocycles. The summed E-state index contributed by atoms with van der Waals surface area (Å²) in [5.41, 5.74) is 7.73. The van der Waals surface area contributed by atoms with E-state index in [2.05, 4.69) is 6.92 Å². The van der Waals surface area contributed by atoms with Gasteiger partial charge in [0.15, 0.2) is 17.6 Å². The molecule has 6 heteroatoms. The molecule has 2 aromatic carbocycles. The molecule has 0 aromatic heterocycles. The number of carbonyl (C=O) groups excluding carboxylic acids is 1. The first-order valence-electron chi connectivity index (χ1n) is 9.17. The predicted octanol–water partition coefficient (Wildman–Crippen LogP) is 3.70. The summed E-state index contributed by atoms with van der Waals surface area (Å²) < 4.78 is 11.8. The topological polar surface area (TPSA) is 64.8 Å². The number of benzene rings is 2. The molecule has 27 heavy (non-hydrogen) atoms. The number of ether oxygens (including phenoxy) is 2. The third-order valence-corrected chi connectivity index (χ3v) is 4.50. The van der Waals surface area contributed by atoms with Gasteiger partial charge in [0.2, 0.25) is 5.91 Å². The van der Waals surface area contributed by atoms with Crippen molar-refractivity contribution < 1.29 is 14.3 Å². The maximum absolute atomic E-state index is 12.7. The van der Waals surface area contributed by atoms with E-state index in [0.29, 0.717) is 32.5 Å². The summed E-state index contributed by atoms with van der Waals surface area (Å²) in [6, 6.07) is 15.3. The van der Waals surface area contributed by atoms with Crippen molar-refractivity contribution in [3.8, 4) is 11.5 Å². The SMILES string of the molecule is CCCN(CC1COc2ccccc2O1)C(=O)CCc1ccccc1N.Cl. The highest BCUT2D eigenvalue weighted by Gasteiger charge is 2.25. The lowest BCUT2D eigenvalue weighted by Crippen LogP contribution is -2.44. The monoisotopic (exact) mass is 390 g/mol. The van der Waals surface area contributed by atoms with E-state index >= 15 is 0 Å². The summed E-state index contributed by atoms with van der Waals surface area (Å²) in [6.07, 6.45) is 1.85. The molecule has 3 rings (SSSR count). The fraction of sp³-hybridized carbons (Fsp3) is 0.381. The molecule has 1 unspecified atom stereocenters. The van der Waals surface area contributed by atoms with Crippen LogP contribution in [-0.4, -0.2) is 36.6 Å². The van der Waals surface area contributed by atoms with Crippen molar-refractivity contribution in [1.29, 1.82) is 0 Å². The minimum absolute atomic E-state index is 0. The van der Waals surface area contributed by atoms with Crippen LogP contribution in [0.25, 0.3) is 0 Å². The van der Waals surface area contributed by atoms with Crippen LogP contribution >= 0.6 is 12.4 Å². The Balaban J connectivity index is 0.00000261. The van der Waals surface area contributed by atoms with Gasteiger partial charge in [0.1, 0.15) is 6.61 Å². The maximum atomic E-state index is 12.7. The van der Waals surface area contributed by atoms with Crippen LogP contribution in [0, 0.1) is 0 Å². The average Bonchev–Trinajstić information content (AvgIpc) is 2.66. The van der Waals surface area contributed by atoms with Crippen molar-refractivity contribution in [3.63, 3.8) is 0 Å². The summed E-state index contributed by atoms with van der Waals surface area (Å²) in [6.45, 7) is 3.77. The number of halogens is 1. The molecule has 146 valence electrons. The van der Waals surface area contributed by atoms with E-state index in [1.54, 1.807) is 0 Å². The van der Waals surface area contributed by atoms with Gasteiger partial charge >= 0.3 is 0 Å². The molecular weight excluding hydrogens is 364 g/mol. The molecule has 5 nitrogen and oxygen atoms in total. The quantitative estimate of drug-likeness (QED) is 0.732. The molecule has 2 N–H and O–H groups in total. The van der Waals surface area contributed by atoms with Crippen LogP contribution in [0.4, 0.5) is 5.69 Å². The second-order valence-electron chi connectivity index (χ2n) is 6.54. The number of rotatable bonds is 7. The number of fused-ring (bicyclic) bond motifs is 1. The molecule has 0 fully saturated rings. The van der Waals surface area contributed by atoms with E-state index in [4.69, 9.17) is 15.2 Å². The number of carbonyl (C=O) groups is 1. The molecule has 1 amide bonds. The van der Waals surface area contributed by atoms with E-state index < -0.39 is 0 Å². The summed E-state index contributed by atoms with van der Waals surface area (Å²) >= 11 is 0. The molecule has 1 heterocycles. The van der Waals surface area contributed by atoms with Crippen LogP contribution in [0.3, 0.4) is 0 Å². The van der Waals surface area contributed by atoms with E-state index in [9.17, 15) is 4.79 Å². The highest BCUT2D eigenvalue weighted by molar-refractivity contribution is 5.85. The van der Waals surface area contributed by atoms with Gasteiger partial charge in [-0.15, -0.1) is 12.4 Å². The zero-order valence-electron chi connectivity index (χ0n) is 15.6. The van der Waals surface area contributed by atoms with Gasteiger partial charge in [-0.1, -0.05) is 37.3 Å². The Morgan fingerprint density at radius 1 is 1.15 bits per heavy atom. The van der Waals surface area contributed by atoms with Gasteiger partial charge in [-0.05, 0) is 36.6 Å². The number of nitrogen functional groups attached to an aromatic ring is 1. The van der Waals surface area contributed by atoms with Crippen molar-refractivity contribution >= 4 is 24.0 Å². The fourth-order valence-corrected chi connectivity index (χ4v) is 3.15. The maximum Gasteiger partial charge on any atom is 0.223 e. The van der Waals surface area contributed by atoms with Crippen molar-refractivity contribution in [3.05, 3.63) is 54.1 Å². The van der Waals surface area contributed by atoms with Crippen molar-refractivity contribution in [1.82, 2.24) is 4.90 Å². The lowest BCUT2D eigenvalue weighted by atomic mass is 10.1. The van der Waals surface area contributed by atoms with Crippen LogP contribution < -0.4 is 15.2 Å². The summed E-state index contributed by atoms with van der Waals surface area (Å²) in [4.78, 5) is 14.6. The zero-order valence-corrected chi connectivity index (χ0v) is 16.4. The average molecular weight is 391 g/mol.